The van der Waals surface area contributed by atoms with Crippen LogP contribution in [-0.2, 0) is 30.4 Å². The van der Waals surface area contributed by atoms with Crippen molar-refractivity contribution in [1.82, 2.24) is 15.2 Å². The molecule has 1 aromatic heterocycles. The van der Waals surface area contributed by atoms with Crippen LogP contribution in [0.15, 0.2) is 22.5 Å². The van der Waals surface area contributed by atoms with Gasteiger partial charge in [-0.3, -0.25) is 14.6 Å². The summed E-state index contributed by atoms with van der Waals surface area (Å²) in [5.74, 6) is -0.334. The van der Waals surface area contributed by atoms with E-state index in [0.717, 1.165) is 25.7 Å². The van der Waals surface area contributed by atoms with E-state index in [1.54, 1.807) is 38.7 Å². The zero-order valence-corrected chi connectivity index (χ0v) is 27.2. The average Bonchev–Trinajstić information content (AvgIpc) is 3.65. The van der Waals surface area contributed by atoms with Gasteiger partial charge in [0.05, 0.1) is 6.54 Å². The number of Topliss-reactive ketones (excluding diaryl/α,β-unsaturated/α-hetero) is 1. The van der Waals surface area contributed by atoms with Crippen molar-refractivity contribution in [2.24, 2.45) is 4.99 Å². The van der Waals surface area contributed by atoms with Gasteiger partial charge in [-0.2, -0.15) is 0 Å². The summed E-state index contributed by atoms with van der Waals surface area (Å²) in [5, 5.41) is 5.90. The van der Waals surface area contributed by atoms with Gasteiger partial charge in [0.15, 0.2) is 0 Å². The summed E-state index contributed by atoms with van der Waals surface area (Å²) in [7, 11) is 0. The number of rotatable bonds is 13. The number of allylic oxidation sites excluding steroid dienone is 1. The first kappa shape index (κ1) is 33.8. The molecule has 2 aliphatic rings. The summed E-state index contributed by atoms with van der Waals surface area (Å²) < 4.78 is 11.0. The van der Waals surface area contributed by atoms with Crippen molar-refractivity contribution >= 4 is 51.9 Å². The van der Waals surface area contributed by atoms with E-state index in [1.807, 2.05) is 11.5 Å². The largest absolute Gasteiger partial charge is 0.456 e. The van der Waals surface area contributed by atoms with Gasteiger partial charge < -0.3 is 19.7 Å². The molecular weight excluding hydrogens is 576 g/mol. The number of amides is 2. The molecule has 12 heteroatoms. The molecule has 1 N–H and O–H groups in total. The summed E-state index contributed by atoms with van der Waals surface area (Å²) >= 11 is 2.84. The summed E-state index contributed by atoms with van der Waals surface area (Å²) in [5.41, 5.74) is -0.978. The molecule has 232 valence electrons. The molecule has 3 heterocycles. The number of hydrogen-bond acceptors (Lipinski definition) is 10. The molecular formula is C30H44N4O6S2. The number of thioether (sulfide) groups is 1. The Balaban J connectivity index is 1.63. The lowest BCUT2D eigenvalue weighted by Crippen LogP contribution is -2.51. The zero-order chi connectivity index (χ0) is 30.9. The van der Waals surface area contributed by atoms with Gasteiger partial charge in [0.2, 0.25) is 0 Å². The monoisotopic (exact) mass is 620 g/mol. The Hall–Kier alpha value is -2.73. The second-order valence-electron chi connectivity index (χ2n) is 11.9. The molecule has 1 aromatic rings. The third-order valence-electron chi connectivity index (χ3n) is 6.72. The highest BCUT2D eigenvalue weighted by Crippen LogP contribution is 2.35. The number of carbonyl (C=O) groups excluding carboxylic acids is 4. The number of aromatic nitrogens is 1. The van der Waals surface area contributed by atoms with Crippen molar-refractivity contribution < 1.29 is 28.7 Å². The first-order valence-electron chi connectivity index (χ1n) is 14.6. The molecule has 0 bridgehead atoms. The molecule has 0 radical (unpaired) electrons. The molecule has 0 aliphatic carbocycles. The molecule has 0 aromatic carbocycles. The van der Waals surface area contributed by atoms with Crippen LogP contribution in [0.5, 0.6) is 0 Å². The average molecular weight is 621 g/mol. The molecule has 3 rings (SSSR count). The molecule has 10 nitrogen and oxygen atoms in total. The molecule has 42 heavy (non-hydrogen) atoms. The van der Waals surface area contributed by atoms with Crippen molar-refractivity contribution in [2.45, 2.75) is 116 Å². The summed E-state index contributed by atoms with van der Waals surface area (Å²) in [6.07, 6.45) is 8.08. The van der Waals surface area contributed by atoms with E-state index in [0.29, 0.717) is 40.9 Å². The number of ketones is 1. The first-order chi connectivity index (χ1) is 19.8. The van der Waals surface area contributed by atoms with Crippen molar-refractivity contribution in [3.8, 4) is 0 Å². The van der Waals surface area contributed by atoms with Gasteiger partial charge in [0, 0.05) is 24.1 Å². The number of likely N-dealkylation sites (tertiary alicyclic amines) is 1. The molecule has 0 saturated carbocycles. The number of alkyl carbamates (subject to hydrolysis) is 1. The van der Waals surface area contributed by atoms with Crippen LogP contribution in [0.4, 0.5) is 4.79 Å². The molecule has 2 amide bonds. The number of hydrogen-bond donors (Lipinski definition) is 1. The SMILES string of the molecule is CCCCCC=CC(CC(C)=O)OC(=O)C1CCCN1C(=O)C1(C)CSC(c2csc(CNC(=O)OC(C)(C)C)n2)=N1. The van der Waals surface area contributed by atoms with Crippen LogP contribution in [0, 0.1) is 0 Å². The van der Waals surface area contributed by atoms with Crippen molar-refractivity contribution in [3.63, 3.8) is 0 Å². The van der Waals surface area contributed by atoms with E-state index in [2.05, 4.69) is 17.2 Å². The lowest BCUT2D eigenvalue weighted by molar-refractivity contribution is -0.157. The van der Waals surface area contributed by atoms with Crippen LogP contribution in [0.2, 0.25) is 0 Å². The second-order valence-corrected chi connectivity index (χ2v) is 13.8. The maximum absolute atomic E-state index is 13.7. The van der Waals surface area contributed by atoms with Gasteiger partial charge in [0.25, 0.3) is 5.91 Å². The van der Waals surface area contributed by atoms with Crippen molar-refractivity contribution in [1.29, 1.82) is 0 Å². The fraction of sp³-hybridized carbons (Fsp3) is 0.667. The van der Waals surface area contributed by atoms with Gasteiger partial charge in [-0.1, -0.05) is 25.8 Å². The fourth-order valence-corrected chi connectivity index (χ4v) is 6.59. The standard InChI is InChI=1S/C30H44N4O6S2/c1-7-8-9-10-11-13-21(16-20(2)35)39-26(36)23-14-12-15-34(23)27(37)30(6)19-42-25(33-30)22-18-41-24(32-22)17-31-28(38)40-29(3,4)5/h11,13,18,21,23H,7-10,12,14-17,19H2,1-6H3,(H,31,38). The number of unbranched alkanes of at least 4 members (excludes halogenated alkanes) is 3. The lowest BCUT2D eigenvalue weighted by Gasteiger charge is -2.30. The Morgan fingerprint density at radius 2 is 2.02 bits per heavy atom. The van der Waals surface area contributed by atoms with E-state index in [9.17, 15) is 19.2 Å². The Morgan fingerprint density at radius 3 is 2.71 bits per heavy atom. The molecule has 0 spiro atoms. The molecule has 3 unspecified atom stereocenters. The highest BCUT2D eigenvalue weighted by molar-refractivity contribution is 8.14. The molecule has 2 aliphatic heterocycles. The number of esters is 1. The second kappa shape index (κ2) is 15.1. The number of nitrogens with one attached hydrogen (secondary N) is 1. The van der Waals surface area contributed by atoms with Crippen LogP contribution >= 0.6 is 23.1 Å². The Morgan fingerprint density at radius 1 is 1.26 bits per heavy atom. The summed E-state index contributed by atoms with van der Waals surface area (Å²) in [6, 6.07) is -0.702. The first-order valence-corrected chi connectivity index (χ1v) is 16.5. The van der Waals surface area contributed by atoms with E-state index in [-0.39, 0.29) is 24.7 Å². The number of ether oxygens (including phenoxy) is 2. The van der Waals surface area contributed by atoms with Crippen LogP contribution in [0.1, 0.15) is 97.2 Å². The van der Waals surface area contributed by atoms with Gasteiger partial charge in [-0.25, -0.2) is 14.6 Å². The van der Waals surface area contributed by atoms with Crippen molar-refractivity contribution in [3.05, 3.63) is 28.2 Å². The van der Waals surface area contributed by atoms with Gasteiger partial charge in [-0.15, -0.1) is 23.1 Å². The highest BCUT2D eigenvalue weighted by Gasteiger charge is 2.46. The third kappa shape index (κ3) is 9.93. The van der Waals surface area contributed by atoms with Crippen molar-refractivity contribution in [2.75, 3.05) is 12.3 Å². The van der Waals surface area contributed by atoms with Crippen LogP contribution < -0.4 is 5.32 Å². The van der Waals surface area contributed by atoms with E-state index in [4.69, 9.17) is 14.5 Å². The normalized spacial score (nSPS) is 21.3. The minimum absolute atomic E-state index is 0.0615. The highest BCUT2D eigenvalue weighted by atomic mass is 32.2. The summed E-state index contributed by atoms with van der Waals surface area (Å²) in [4.78, 5) is 61.7. The van der Waals surface area contributed by atoms with Gasteiger partial charge >= 0.3 is 12.1 Å². The molecule has 1 saturated heterocycles. The zero-order valence-electron chi connectivity index (χ0n) is 25.6. The quantitative estimate of drug-likeness (QED) is 0.176. The predicted octanol–water partition coefficient (Wildman–Crippen LogP) is 5.44. The fourth-order valence-electron chi connectivity index (χ4n) is 4.68. The van der Waals surface area contributed by atoms with Crippen LogP contribution in [-0.4, -0.2) is 74.3 Å². The maximum Gasteiger partial charge on any atom is 0.408 e. The molecule has 1 fully saturated rings. The Kier molecular flexibility index (Phi) is 12.2. The Bertz CT molecular complexity index is 1190. The summed E-state index contributed by atoms with van der Waals surface area (Å²) in [6.45, 7) is 11.5. The van der Waals surface area contributed by atoms with Crippen LogP contribution in [0.25, 0.3) is 0 Å². The topological polar surface area (TPSA) is 127 Å². The lowest BCUT2D eigenvalue weighted by atomic mass is 10.0. The number of aliphatic imine (C=N–C) groups is 1. The number of nitrogens with zero attached hydrogens (tertiary/aromatic N) is 3. The van der Waals surface area contributed by atoms with Gasteiger partial charge in [0.1, 0.15) is 44.8 Å². The minimum Gasteiger partial charge on any atom is -0.456 e. The van der Waals surface area contributed by atoms with Gasteiger partial charge in [-0.05, 0) is 66.4 Å². The smallest absolute Gasteiger partial charge is 0.408 e. The van der Waals surface area contributed by atoms with E-state index < -0.39 is 35.3 Å². The number of thiazole rings is 1. The molecule has 3 atom stereocenters. The third-order valence-corrected chi connectivity index (χ3v) is 8.85. The Labute approximate surface area is 257 Å². The maximum atomic E-state index is 13.7. The minimum atomic E-state index is -1.04. The number of carbonyl (C=O) groups is 4. The van der Waals surface area contributed by atoms with Crippen LogP contribution in [0.3, 0.4) is 0 Å². The predicted molar refractivity (Wildman–Crippen MR) is 166 cm³/mol. The van der Waals surface area contributed by atoms with E-state index in [1.165, 1.54) is 30.0 Å². The van der Waals surface area contributed by atoms with E-state index >= 15 is 0 Å².